The number of halogens is 5. The molecule has 2 rings (SSSR count). The first-order chi connectivity index (χ1) is 9.87. The number of rotatable bonds is 5. The lowest BCUT2D eigenvalue weighted by Crippen LogP contribution is -2.38. The lowest BCUT2D eigenvalue weighted by Gasteiger charge is -2.28. The lowest BCUT2D eigenvalue weighted by molar-refractivity contribution is -0.141. The molecule has 0 aromatic carbocycles. The van der Waals surface area contributed by atoms with Crippen molar-refractivity contribution in [1.82, 2.24) is 14.8 Å². The molecule has 21 heavy (non-hydrogen) atoms. The summed E-state index contributed by atoms with van der Waals surface area (Å²) in [6.07, 6.45) is -7.11. The van der Waals surface area contributed by atoms with Gasteiger partial charge in [0.1, 0.15) is 6.54 Å². The van der Waals surface area contributed by atoms with Crippen LogP contribution in [0.4, 0.5) is 27.9 Å². The van der Waals surface area contributed by atoms with Crippen LogP contribution >= 0.6 is 11.8 Å². The van der Waals surface area contributed by atoms with E-state index in [4.69, 9.17) is 4.74 Å². The maximum absolute atomic E-state index is 12.7. The van der Waals surface area contributed by atoms with Crippen molar-refractivity contribution in [2.45, 2.75) is 24.3 Å². The first-order valence-corrected chi connectivity index (χ1v) is 7.09. The zero-order valence-electron chi connectivity index (χ0n) is 10.8. The third-order valence-corrected chi connectivity index (χ3v) is 3.65. The van der Waals surface area contributed by atoms with Gasteiger partial charge in [0, 0.05) is 13.1 Å². The van der Waals surface area contributed by atoms with Crippen LogP contribution in [0.5, 0.6) is 0 Å². The SMILES string of the molecule is FC(F)CSc1nnc(N2CCOCC2)n1CC(F)(F)F. The molecule has 120 valence electrons. The van der Waals surface area contributed by atoms with Gasteiger partial charge in [0.25, 0.3) is 0 Å². The highest BCUT2D eigenvalue weighted by Gasteiger charge is 2.33. The number of aromatic nitrogens is 3. The van der Waals surface area contributed by atoms with Gasteiger partial charge in [-0.1, -0.05) is 11.8 Å². The standard InChI is InChI=1S/C10H13F5N4OS/c11-7(12)5-21-9-17-16-8(18-1-3-20-4-2-18)19(9)6-10(13,14)15/h7H,1-6H2. The van der Waals surface area contributed by atoms with Crippen LogP contribution in [0.25, 0.3) is 0 Å². The molecule has 1 aromatic rings. The Kier molecular flexibility index (Phi) is 5.25. The molecule has 1 fully saturated rings. The summed E-state index contributed by atoms with van der Waals surface area (Å²) in [7, 11) is 0. The molecule has 0 bridgehead atoms. The fourth-order valence-corrected chi connectivity index (χ4v) is 2.52. The average Bonchev–Trinajstić information content (AvgIpc) is 2.78. The molecular weight excluding hydrogens is 319 g/mol. The predicted molar refractivity (Wildman–Crippen MR) is 65.8 cm³/mol. The molecule has 0 saturated carbocycles. The molecule has 2 heterocycles. The molecule has 0 atom stereocenters. The second-order valence-corrected chi connectivity index (χ2v) is 5.27. The van der Waals surface area contributed by atoms with Crippen LogP contribution in [0.15, 0.2) is 5.16 Å². The zero-order valence-corrected chi connectivity index (χ0v) is 11.6. The molecule has 1 aliphatic rings. The summed E-state index contributed by atoms with van der Waals surface area (Å²) in [5.41, 5.74) is 0. The molecule has 0 unspecified atom stereocenters. The average molecular weight is 332 g/mol. The Labute approximate surface area is 121 Å². The van der Waals surface area contributed by atoms with Gasteiger partial charge >= 0.3 is 6.18 Å². The van der Waals surface area contributed by atoms with Crippen LogP contribution in [0.3, 0.4) is 0 Å². The third kappa shape index (κ3) is 4.70. The zero-order chi connectivity index (χ0) is 15.5. The summed E-state index contributed by atoms with van der Waals surface area (Å²) in [6.45, 7) is 0.208. The normalized spacial score (nSPS) is 16.8. The molecular formula is C10H13F5N4OS. The van der Waals surface area contributed by atoms with Crippen molar-refractivity contribution >= 4 is 17.7 Å². The van der Waals surface area contributed by atoms with Crippen molar-refractivity contribution in [3.8, 4) is 0 Å². The van der Waals surface area contributed by atoms with E-state index >= 15 is 0 Å². The van der Waals surface area contributed by atoms with Crippen molar-refractivity contribution in [2.75, 3.05) is 37.0 Å². The van der Waals surface area contributed by atoms with Crippen LogP contribution in [-0.4, -0.2) is 59.4 Å². The quantitative estimate of drug-likeness (QED) is 0.610. The van der Waals surface area contributed by atoms with E-state index in [1.54, 1.807) is 4.90 Å². The van der Waals surface area contributed by atoms with Gasteiger partial charge in [-0.2, -0.15) is 13.2 Å². The maximum atomic E-state index is 12.7. The van der Waals surface area contributed by atoms with E-state index in [2.05, 4.69) is 10.2 Å². The number of ether oxygens (including phenoxy) is 1. The number of anilines is 1. The largest absolute Gasteiger partial charge is 0.406 e. The second-order valence-electron chi connectivity index (χ2n) is 4.29. The molecule has 1 saturated heterocycles. The summed E-state index contributed by atoms with van der Waals surface area (Å²) >= 11 is 0.562. The van der Waals surface area contributed by atoms with E-state index < -0.39 is 24.9 Å². The van der Waals surface area contributed by atoms with E-state index in [0.29, 0.717) is 38.1 Å². The maximum Gasteiger partial charge on any atom is 0.406 e. The van der Waals surface area contributed by atoms with Gasteiger partial charge in [0.2, 0.25) is 12.4 Å². The summed E-state index contributed by atoms with van der Waals surface area (Å²) < 4.78 is 68.4. The molecule has 0 aliphatic carbocycles. The Morgan fingerprint density at radius 2 is 1.86 bits per heavy atom. The van der Waals surface area contributed by atoms with Gasteiger partial charge in [-0.25, -0.2) is 8.78 Å². The molecule has 0 amide bonds. The topological polar surface area (TPSA) is 43.2 Å². The molecule has 5 nitrogen and oxygen atoms in total. The minimum atomic E-state index is -4.48. The Morgan fingerprint density at radius 3 is 2.43 bits per heavy atom. The Morgan fingerprint density at radius 1 is 1.19 bits per heavy atom. The minimum absolute atomic E-state index is 0.0346. The molecule has 0 N–H and O–H groups in total. The van der Waals surface area contributed by atoms with Crippen LogP contribution in [0.1, 0.15) is 0 Å². The number of alkyl halides is 5. The van der Waals surface area contributed by atoms with Crippen molar-refractivity contribution in [1.29, 1.82) is 0 Å². The number of hydrogen-bond acceptors (Lipinski definition) is 5. The molecule has 1 aromatic heterocycles. The van der Waals surface area contributed by atoms with E-state index in [1.165, 1.54) is 0 Å². The van der Waals surface area contributed by atoms with Crippen LogP contribution in [0, 0.1) is 0 Å². The van der Waals surface area contributed by atoms with Gasteiger partial charge < -0.3 is 9.64 Å². The minimum Gasteiger partial charge on any atom is -0.378 e. The highest BCUT2D eigenvalue weighted by Crippen LogP contribution is 2.28. The predicted octanol–water partition coefficient (Wildman–Crippen LogP) is 2.03. The van der Waals surface area contributed by atoms with Crippen molar-refractivity contribution < 1.29 is 26.7 Å². The lowest BCUT2D eigenvalue weighted by atomic mass is 10.4. The fourth-order valence-electron chi connectivity index (χ4n) is 1.84. The van der Waals surface area contributed by atoms with Gasteiger partial charge in [0.15, 0.2) is 5.16 Å². The molecule has 11 heteroatoms. The molecule has 0 spiro atoms. The number of nitrogens with zero attached hydrogens (tertiary/aromatic N) is 4. The summed E-state index contributed by atoms with van der Waals surface area (Å²) in [5.74, 6) is -0.591. The summed E-state index contributed by atoms with van der Waals surface area (Å²) in [4.78, 5) is 1.61. The Hall–Kier alpha value is -1.10. The number of thioether (sulfide) groups is 1. The third-order valence-electron chi connectivity index (χ3n) is 2.67. The number of morpholine rings is 1. The van der Waals surface area contributed by atoms with Crippen LogP contribution < -0.4 is 4.90 Å². The monoisotopic (exact) mass is 332 g/mol. The van der Waals surface area contributed by atoms with Crippen molar-refractivity contribution in [2.24, 2.45) is 0 Å². The first kappa shape index (κ1) is 16.3. The van der Waals surface area contributed by atoms with Crippen molar-refractivity contribution in [3.05, 3.63) is 0 Å². The van der Waals surface area contributed by atoms with Gasteiger partial charge in [-0.15, -0.1) is 10.2 Å². The van der Waals surface area contributed by atoms with Crippen LogP contribution in [-0.2, 0) is 11.3 Å². The van der Waals surface area contributed by atoms with E-state index in [9.17, 15) is 22.0 Å². The molecule has 1 aliphatic heterocycles. The van der Waals surface area contributed by atoms with Crippen LogP contribution in [0.2, 0.25) is 0 Å². The molecule has 0 radical (unpaired) electrons. The smallest absolute Gasteiger partial charge is 0.378 e. The van der Waals surface area contributed by atoms with Gasteiger partial charge in [-0.05, 0) is 0 Å². The highest BCUT2D eigenvalue weighted by molar-refractivity contribution is 7.99. The highest BCUT2D eigenvalue weighted by atomic mass is 32.2. The number of hydrogen-bond donors (Lipinski definition) is 0. The van der Waals surface area contributed by atoms with Crippen molar-refractivity contribution in [3.63, 3.8) is 0 Å². The summed E-state index contributed by atoms with van der Waals surface area (Å²) in [6, 6.07) is 0. The Balaban J connectivity index is 2.22. The Bertz CT molecular complexity index is 461. The fraction of sp³-hybridized carbons (Fsp3) is 0.800. The van der Waals surface area contributed by atoms with Gasteiger partial charge in [-0.3, -0.25) is 4.57 Å². The summed E-state index contributed by atoms with van der Waals surface area (Å²) in [5, 5.41) is 7.17. The first-order valence-electron chi connectivity index (χ1n) is 6.10. The van der Waals surface area contributed by atoms with E-state index in [-0.39, 0.29) is 11.1 Å². The van der Waals surface area contributed by atoms with E-state index in [1.807, 2.05) is 0 Å². The van der Waals surface area contributed by atoms with Gasteiger partial charge in [0.05, 0.1) is 19.0 Å². The van der Waals surface area contributed by atoms with E-state index in [0.717, 1.165) is 4.57 Å². The second kappa shape index (κ2) is 6.77.